The number of carbonyl (C=O) groups is 2. The van der Waals surface area contributed by atoms with Crippen LogP contribution < -0.4 is 9.62 Å². The number of alkyl halides is 3. The SMILES string of the molecule is CNC(=O)C(Cc1ccccc1)N(Cc1c(Cl)cccc1Cl)C(=O)CN(c1cc(C(F)(F)F)ccc1Cl)S(C)(=O)=O. The maximum atomic E-state index is 13.9. The molecule has 220 valence electrons. The average Bonchev–Trinajstić information content (AvgIpc) is 2.90. The van der Waals surface area contributed by atoms with Crippen LogP contribution in [0.25, 0.3) is 0 Å². The number of benzene rings is 3. The van der Waals surface area contributed by atoms with Gasteiger partial charge in [-0.25, -0.2) is 8.42 Å². The molecule has 3 aromatic rings. The third-order valence-corrected chi connectivity index (χ3v) is 8.28. The Morgan fingerprint density at radius 1 is 0.927 bits per heavy atom. The maximum Gasteiger partial charge on any atom is 0.416 e. The molecule has 0 aromatic heterocycles. The first-order chi connectivity index (χ1) is 19.1. The van der Waals surface area contributed by atoms with Crippen molar-refractivity contribution >= 4 is 62.3 Å². The Morgan fingerprint density at radius 3 is 2.07 bits per heavy atom. The molecule has 2 amide bonds. The predicted octanol–water partition coefficient (Wildman–Crippen LogP) is 5.82. The Labute approximate surface area is 250 Å². The minimum atomic E-state index is -4.81. The van der Waals surface area contributed by atoms with E-state index in [9.17, 15) is 31.2 Å². The van der Waals surface area contributed by atoms with Crippen molar-refractivity contribution in [3.63, 3.8) is 0 Å². The van der Waals surface area contributed by atoms with Gasteiger partial charge >= 0.3 is 6.18 Å². The second-order valence-corrected chi connectivity index (χ2v) is 12.1. The van der Waals surface area contributed by atoms with Crippen LogP contribution in [0, 0.1) is 0 Å². The van der Waals surface area contributed by atoms with Crippen molar-refractivity contribution in [2.45, 2.75) is 25.2 Å². The van der Waals surface area contributed by atoms with E-state index < -0.39 is 51.9 Å². The third kappa shape index (κ3) is 8.28. The lowest BCUT2D eigenvalue weighted by molar-refractivity contribution is -0.139. The van der Waals surface area contributed by atoms with Crippen LogP contribution in [0.15, 0.2) is 66.7 Å². The standard InChI is InChI=1S/C27H25Cl3F3N3O4S/c1-34-26(38)24(13-17-7-4-3-5-8-17)35(15-19-20(28)9-6-10-21(19)29)25(37)16-36(41(2,39)40)23-14-18(27(31,32)33)11-12-22(23)30/h3-12,14,24H,13,15-16H2,1-2H3,(H,34,38). The van der Waals surface area contributed by atoms with Gasteiger partial charge in [-0.05, 0) is 35.9 Å². The number of likely N-dealkylation sites (N-methyl/N-ethyl adjacent to an activating group) is 1. The Hall–Kier alpha value is -2.99. The molecule has 3 rings (SSSR count). The molecular weight excluding hydrogens is 626 g/mol. The molecule has 0 saturated carbocycles. The van der Waals surface area contributed by atoms with Gasteiger partial charge in [0, 0.05) is 35.6 Å². The van der Waals surface area contributed by atoms with Crippen molar-refractivity contribution in [1.82, 2.24) is 10.2 Å². The Morgan fingerprint density at radius 2 is 1.54 bits per heavy atom. The van der Waals surface area contributed by atoms with E-state index in [0.29, 0.717) is 22.0 Å². The van der Waals surface area contributed by atoms with Gasteiger partial charge in [0.15, 0.2) is 0 Å². The summed E-state index contributed by atoms with van der Waals surface area (Å²) in [6, 6.07) is 14.3. The second-order valence-electron chi connectivity index (χ2n) is 8.98. The molecule has 41 heavy (non-hydrogen) atoms. The molecule has 0 aliphatic carbocycles. The van der Waals surface area contributed by atoms with Crippen LogP contribution >= 0.6 is 34.8 Å². The zero-order valence-electron chi connectivity index (χ0n) is 21.8. The number of amides is 2. The van der Waals surface area contributed by atoms with Crippen molar-refractivity contribution in [2.75, 3.05) is 24.2 Å². The number of anilines is 1. The van der Waals surface area contributed by atoms with Gasteiger partial charge in [0.2, 0.25) is 21.8 Å². The molecule has 1 N–H and O–H groups in total. The molecule has 0 aliphatic heterocycles. The molecule has 0 fully saturated rings. The number of rotatable bonds is 10. The molecule has 1 unspecified atom stereocenters. The van der Waals surface area contributed by atoms with Crippen molar-refractivity contribution in [3.8, 4) is 0 Å². The first kappa shape index (κ1) is 32.5. The van der Waals surface area contributed by atoms with Gasteiger partial charge in [0.25, 0.3) is 0 Å². The molecule has 0 saturated heterocycles. The van der Waals surface area contributed by atoms with Crippen LogP contribution in [0.3, 0.4) is 0 Å². The first-order valence-electron chi connectivity index (χ1n) is 12.0. The topological polar surface area (TPSA) is 86.8 Å². The van der Waals surface area contributed by atoms with E-state index in [1.165, 1.54) is 19.2 Å². The second kappa shape index (κ2) is 13.3. The summed E-state index contributed by atoms with van der Waals surface area (Å²) in [6.07, 6.45) is -4.05. The lowest BCUT2D eigenvalue weighted by atomic mass is 10.0. The zero-order chi connectivity index (χ0) is 30.5. The number of carbonyl (C=O) groups excluding carboxylic acids is 2. The van der Waals surface area contributed by atoms with Crippen LogP contribution in [0.4, 0.5) is 18.9 Å². The number of sulfonamides is 1. The minimum absolute atomic E-state index is 0.0253. The number of hydrogen-bond donors (Lipinski definition) is 1. The zero-order valence-corrected chi connectivity index (χ0v) is 24.8. The summed E-state index contributed by atoms with van der Waals surface area (Å²) < 4.78 is 66.5. The highest BCUT2D eigenvalue weighted by Crippen LogP contribution is 2.36. The van der Waals surface area contributed by atoms with Gasteiger partial charge in [-0.15, -0.1) is 0 Å². The number of hydrogen-bond acceptors (Lipinski definition) is 4. The van der Waals surface area contributed by atoms with Gasteiger partial charge in [0.1, 0.15) is 12.6 Å². The summed E-state index contributed by atoms with van der Waals surface area (Å²) in [5.41, 5.74) is -0.739. The largest absolute Gasteiger partial charge is 0.416 e. The number of nitrogens with one attached hydrogen (secondary N) is 1. The van der Waals surface area contributed by atoms with Crippen LogP contribution in [-0.4, -0.2) is 51.0 Å². The molecule has 1 atom stereocenters. The summed E-state index contributed by atoms with van der Waals surface area (Å²) in [4.78, 5) is 28.2. The van der Waals surface area contributed by atoms with E-state index in [1.807, 2.05) is 0 Å². The molecule has 0 spiro atoms. The molecular formula is C27H25Cl3F3N3O4S. The number of nitrogens with zero attached hydrogens (tertiary/aromatic N) is 2. The maximum absolute atomic E-state index is 13.9. The third-order valence-electron chi connectivity index (χ3n) is 6.13. The van der Waals surface area contributed by atoms with Gasteiger partial charge in [-0.1, -0.05) is 71.2 Å². The molecule has 0 radical (unpaired) electrons. The van der Waals surface area contributed by atoms with E-state index >= 15 is 0 Å². The highest BCUT2D eigenvalue weighted by Gasteiger charge is 2.36. The average molecular weight is 651 g/mol. The van der Waals surface area contributed by atoms with Gasteiger partial charge in [-0.2, -0.15) is 13.2 Å². The van der Waals surface area contributed by atoms with Crippen LogP contribution in [0.5, 0.6) is 0 Å². The summed E-state index contributed by atoms with van der Waals surface area (Å²) >= 11 is 18.8. The summed E-state index contributed by atoms with van der Waals surface area (Å²) in [7, 11) is -2.98. The van der Waals surface area contributed by atoms with E-state index in [2.05, 4.69) is 5.32 Å². The summed E-state index contributed by atoms with van der Waals surface area (Å²) in [6.45, 7) is -1.28. The van der Waals surface area contributed by atoms with Crippen molar-refractivity contribution in [1.29, 1.82) is 0 Å². The fourth-order valence-corrected chi connectivity index (χ4v) is 5.69. The molecule has 0 heterocycles. The predicted molar refractivity (Wildman–Crippen MR) is 154 cm³/mol. The van der Waals surface area contributed by atoms with Crippen LogP contribution in [-0.2, 0) is 38.8 Å². The summed E-state index contributed by atoms with van der Waals surface area (Å²) in [5.74, 6) is -1.49. The van der Waals surface area contributed by atoms with Gasteiger partial charge < -0.3 is 10.2 Å². The van der Waals surface area contributed by atoms with Crippen LogP contribution in [0.1, 0.15) is 16.7 Å². The Bertz CT molecular complexity index is 1500. The Kier molecular flexibility index (Phi) is 10.6. The highest BCUT2D eigenvalue weighted by molar-refractivity contribution is 7.92. The van der Waals surface area contributed by atoms with Crippen molar-refractivity contribution in [2.24, 2.45) is 0 Å². The van der Waals surface area contributed by atoms with Crippen LogP contribution in [0.2, 0.25) is 15.1 Å². The quantitative estimate of drug-likeness (QED) is 0.300. The lowest BCUT2D eigenvalue weighted by Crippen LogP contribution is -2.53. The lowest BCUT2D eigenvalue weighted by Gasteiger charge is -2.33. The smallest absolute Gasteiger partial charge is 0.357 e. The van der Waals surface area contributed by atoms with Gasteiger partial charge in [-0.3, -0.25) is 13.9 Å². The fraction of sp³-hybridized carbons (Fsp3) is 0.259. The molecule has 3 aromatic carbocycles. The highest BCUT2D eigenvalue weighted by atomic mass is 35.5. The van der Waals surface area contributed by atoms with E-state index in [0.717, 1.165) is 17.2 Å². The first-order valence-corrected chi connectivity index (χ1v) is 14.9. The van der Waals surface area contributed by atoms with E-state index in [4.69, 9.17) is 34.8 Å². The number of halogens is 6. The minimum Gasteiger partial charge on any atom is -0.357 e. The summed E-state index contributed by atoms with van der Waals surface area (Å²) in [5, 5.41) is 2.55. The molecule has 0 bridgehead atoms. The van der Waals surface area contributed by atoms with E-state index in [1.54, 1.807) is 36.4 Å². The molecule has 14 heteroatoms. The normalized spacial score (nSPS) is 12.5. The fourth-order valence-electron chi connectivity index (χ4n) is 4.05. The monoisotopic (exact) mass is 649 g/mol. The molecule has 0 aliphatic rings. The van der Waals surface area contributed by atoms with E-state index in [-0.39, 0.29) is 33.6 Å². The Balaban J connectivity index is 2.13. The van der Waals surface area contributed by atoms with Crippen molar-refractivity contribution < 1.29 is 31.2 Å². The van der Waals surface area contributed by atoms with Crippen molar-refractivity contribution in [3.05, 3.63) is 98.5 Å². The van der Waals surface area contributed by atoms with Gasteiger partial charge in [0.05, 0.1) is 22.5 Å². The molecule has 7 nitrogen and oxygen atoms in total.